The standard InChI is InChI=1S/C11H15N7OS2/c1-17-11(14-15-16-17)21-9-8(7-12-3-5-19-2)18-4-6-20-10(18)13-9/h4,6,12H,3,5,7H2,1-2H3. The van der Waals surface area contributed by atoms with Gasteiger partial charge in [0.25, 0.3) is 0 Å². The minimum Gasteiger partial charge on any atom is -0.383 e. The van der Waals surface area contributed by atoms with E-state index in [4.69, 9.17) is 4.74 Å². The Morgan fingerprint density at radius 3 is 3.14 bits per heavy atom. The van der Waals surface area contributed by atoms with E-state index in [-0.39, 0.29) is 0 Å². The van der Waals surface area contributed by atoms with E-state index in [1.165, 1.54) is 11.8 Å². The summed E-state index contributed by atoms with van der Waals surface area (Å²) in [4.78, 5) is 5.62. The van der Waals surface area contributed by atoms with Gasteiger partial charge >= 0.3 is 0 Å². The highest BCUT2D eigenvalue weighted by Crippen LogP contribution is 2.29. The van der Waals surface area contributed by atoms with Crippen molar-refractivity contribution in [3.63, 3.8) is 0 Å². The first-order chi connectivity index (χ1) is 10.3. The third-order valence-electron chi connectivity index (χ3n) is 2.87. The fourth-order valence-corrected chi connectivity index (χ4v) is 3.46. The van der Waals surface area contributed by atoms with Gasteiger partial charge in [-0.3, -0.25) is 4.40 Å². The molecule has 10 heteroatoms. The molecule has 21 heavy (non-hydrogen) atoms. The summed E-state index contributed by atoms with van der Waals surface area (Å²) in [6, 6.07) is 0. The molecular weight excluding hydrogens is 310 g/mol. The number of fused-ring (bicyclic) bond motifs is 1. The lowest BCUT2D eigenvalue weighted by molar-refractivity contribution is 0.199. The number of aryl methyl sites for hydroxylation is 1. The number of nitrogens with zero attached hydrogens (tertiary/aromatic N) is 6. The first kappa shape index (κ1) is 14.4. The lowest BCUT2D eigenvalue weighted by atomic mass is 10.4. The molecule has 112 valence electrons. The minimum absolute atomic E-state index is 0.682. The average Bonchev–Trinajstić information content (AvgIpc) is 3.14. The summed E-state index contributed by atoms with van der Waals surface area (Å²) < 4.78 is 8.78. The summed E-state index contributed by atoms with van der Waals surface area (Å²) in [6.45, 7) is 2.19. The number of thiazole rings is 1. The number of imidazole rings is 1. The minimum atomic E-state index is 0.682. The Bertz CT molecular complexity index is 719. The van der Waals surface area contributed by atoms with E-state index >= 15 is 0 Å². The molecule has 0 aliphatic heterocycles. The van der Waals surface area contributed by atoms with E-state index in [9.17, 15) is 0 Å². The molecule has 8 nitrogen and oxygen atoms in total. The zero-order valence-corrected chi connectivity index (χ0v) is 13.3. The fraction of sp³-hybridized carbons (Fsp3) is 0.455. The first-order valence-corrected chi connectivity index (χ1v) is 8.03. The average molecular weight is 325 g/mol. The quantitative estimate of drug-likeness (QED) is 0.644. The molecule has 3 heterocycles. The Morgan fingerprint density at radius 1 is 1.48 bits per heavy atom. The van der Waals surface area contributed by atoms with Crippen LogP contribution in [0.15, 0.2) is 21.8 Å². The number of tetrazole rings is 1. The second-order valence-corrected chi connectivity index (χ2v) is 6.10. The third-order valence-corrected chi connectivity index (χ3v) is 4.67. The van der Waals surface area contributed by atoms with Crippen LogP contribution in [0.3, 0.4) is 0 Å². The van der Waals surface area contributed by atoms with E-state index in [2.05, 4.69) is 30.2 Å². The maximum Gasteiger partial charge on any atom is 0.215 e. The molecule has 1 N–H and O–H groups in total. The van der Waals surface area contributed by atoms with Crippen LogP contribution in [0.2, 0.25) is 0 Å². The summed E-state index contributed by atoms with van der Waals surface area (Å²) in [7, 11) is 3.51. The van der Waals surface area contributed by atoms with E-state index in [1.54, 1.807) is 23.1 Å². The molecule has 0 saturated heterocycles. The van der Waals surface area contributed by atoms with Crippen molar-refractivity contribution in [2.75, 3.05) is 20.3 Å². The molecule has 3 aromatic rings. The van der Waals surface area contributed by atoms with Gasteiger partial charge in [-0.25, -0.2) is 9.67 Å². The van der Waals surface area contributed by atoms with Gasteiger partial charge in [-0.2, -0.15) is 0 Å². The Labute approximate surface area is 129 Å². The van der Waals surface area contributed by atoms with Crippen molar-refractivity contribution in [2.24, 2.45) is 7.05 Å². The number of methoxy groups -OCH3 is 1. The van der Waals surface area contributed by atoms with E-state index in [1.807, 2.05) is 18.6 Å². The van der Waals surface area contributed by atoms with Gasteiger partial charge in [0.05, 0.1) is 12.3 Å². The molecule has 3 aromatic heterocycles. The smallest absolute Gasteiger partial charge is 0.215 e. The molecule has 0 amide bonds. The van der Waals surface area contributed by atoms with Crippen LogP contribution >= 0.6 is 23.1 Å². The number of aromatic nitrogens is 6. The van der Waals surface area contributed by atoms with Crippen LogP contribution in [-0.4, -0.2) is 49.9 Å². The van der Waals surface area contributed by atoms with Crippen molar-refractivity contribution >= 4 is 28.1 Å². The molecule has 0 spiro atoms. The van der Waals surface area contributed by atoms with Crippen LogP contribution in [0, 0.1) is 0 Å². The van der Waals surface area contributed by atoms with Gasteiger partial charge in [0.1, 0.15) is 5.03 Å². The van der Waals surface area contributed by atoms with Crippen molar-refractivity contribution in [3.05, 3.63) is 17.3 Å². The number of ether oxygens (including phenoxy) is 1. The van der Waals surface area contributed by atoms with Gasteiger partial charge in [0.15, 0.2) is 4.96 Å². The first-order valence-electron chi connectivity index (χ1n) is 6.34. The van der Waals surface area contributed by atoms with Gasteiger partial charge in [-0.05, 0) is 22.2 Å². The van der Waals surface area contributed by atoms with Crippen molar-refractivity contribution in [1.29, 1.82) is 0 Å². The lowest BCUT2D eigenvalue weighted by Crippen LogP contribution is -2.19. The normalized spacial score (nSPS) is 11.5. The maximum absolute atomic E-state index is 5.05. The van der Waals surface area contributed by atoms with Gasteiger partial charge in [-0.1, -0.05) is 0 Å². The summed E-state index contributed by atoms with van der Waals surface area (Å²) in [5.41, 5.74) is 1.11. The zero-order valence-electron chi connectivity index (χ0n) is 11.7. The predicted octanol–water partition coefficient (Wildman–Crippen LogP) is 0.806. The molecule has 0 aliphatic rings. The van der Waals surface area contributed by atoms with Gasteiger partial charge < -0.3 is 10.1 Å². The lowest BCUT2D eigenvalue weighted by Gasteiger charge is -2.05. The Balaban J connectivity index is 1.83. The highest BCUT2D eigenvalue weighted by molar-refractivity contribution is 7.99. The van der Waals surface area contributed by atoms with Crippen molar-refractivity contribution in [1.82, 2.24) is 34.9 Å². The van der Waals surface area contributed by atoms with Crippen LogP contribution < -0.4 is 5.32 Å². The van der Waals surface area contributed by atoms with Gasteiger partial charge in [0.2, 0.25) is 5.16 Å². The highest BCUT2D eigenvalue weighted by Gasteiger charge is 2.16. The summed E-state index contributed by atoms with van der Waals surface area (Å²) >= 11 is 3.08. The molecule has 0 bridgehead atoms. The molecule has 0 aromatic carbocycles. The number of rotatable bonds is 7. The second kappa shape index (κ2) is 6.52. The summed E-state index contributed by atoms with van der Waals surface area (Å²) in [6.07, 6.45) is 2.03. The molecule has 0 fully saturated rings. The van der Waals surface area contributed by atoms with Gasteiger partial charge in [-0.15, -0.1) is 16.4 Å². The number of hydrogen-bond acceptors (Lipinski definition) is 8. The maximum atomic E-state index is 5.05. The van der Waals surface area contributed by atoms with Crippen LogP contribution in [0.4, 0.5) is 0 Å². The van der Waals surface area contributed by atoms with Crippen molar-refractivity contribution in [2.45, 2.75) is 16.7 Å². The predicted molar refractivity (Wildman–Crippen MR) is 79.6 cm³/mol. The van der Waals surface area contributed by atoms with Crippen LogP contribution in [0.25, 0.3) is 4.96 Å². The largest absolute Gasteiger partial charge is 0.383 e. The number of hydrogen-bond donors (Lipinski definition) is 1. The summed E-state index contributed by atoms with van der Waals surface area (Å²) in [5.74, 6) is 0. The van der Waals surface area contributed by atoms with Crippen LogP contribution in [0.5, 0.6) is 0 Å². The number of nitrogens with one attached hydrogen (secondary N) is 1. The topological polar surface area (TPSA) is 82.2 Å². The molecule has 0 saturated carbocycles. The fourth-order valence-electron chi connectivity index (χ4n) is 1.83. The second-order valence-electron chi connectivity index (χ2n) is 4.28. The molecule has 3 rings (SSSR count). The molecule has 0 aliphatic carbocycles. The molecule has 0 atom stereocenters. The van der Waals surface area contributed by atoms with E-state index in [0.717, 1.165) is 33.9 Å². The van der Waals surface area contributed by atoms with Crippen LogP contribution in [-0.2, 0) is 18.3 Å². The molecule has 0 radical (unpaired) electrons. The van der Waals surface area contributed by atoms with E-state index in [0.29, 0.717) is 6.61 Å². The van der Waals surface area contributed by atoms with Crippen molar-refractivity contribution < 1.29 is 4.74 Å². The Morgan fingerprint density at radius 2 is 2.38 bits per heavy atom. The van der Waals surface area contributed by atoms with Gasteiger partial charge in [0, 0.05) is 38.8 Å². The van der Waals surface area contributed by atoms with E-state index < -0.39 is 0 Å². The Hall–Kier alpha value is -1.49. The summed E-state index contributed by atoms with van der Waals surface area (Å²) in [5, 5.41) is 18.5. The molecular formula is C11H15N7OS2. The monoisotopic (exact) mass is 325 g/mol. The molecule has 0 unspecified atom stereocenters. The Kier molecular flexibility index (Phi) is 4.48. The highest BCUT2D eigenvalue weighted by atomic mass is 32.2. The zero-order chi connectivity index (χ0) is 14.7. The SMILES string of the molecule is COCCNCc1c(Sc2nnnn2C)nc2sccn12. The van der Waals surface area contributed by atoms with Crippen LogP contribution in [0.1, 0.15) is 5.69 Å². The third kappa shape index (κ3) is 3.07. The van der Waals surface area contributed by atoms with Crippen molar-refractivity contribution in [3.8, 4) is 0 Å².